The summed E-state index contributed by atoms with van der Waals surface area (Å²) in [5.41, 5.74) is 2.32. The average molecular weight is 174 g/mol. The van der Waals surface area contributed by atoms with Crippen LogP contribution in [0.5, 0.6) is 0 Å². The summed E-state index contributed by atoms with van der Waals surface area (Å²) in [6.45, 7) is 11.9. The Morgan fingerprint density at radius 2 is 1.85 bits per heavy atom. The molecule has 0 spiro atoms. The Hall–Kier alpha value is -1.24. The first-order chi connectivity index (χ1) is 6.33. The maximum Gasteiger partial charge on any atom is 0.0439 e. The van der Waals surface area contributed by atoms with Crippen LogP contribution >= 0.6 is 0 Å². The Balaban J connectivity index is 3.03. The largest absolute Gasteiger partial charge is 0.372 e. The van der Waals surface area contributed by atoms with Crippen molar-refractivity contribution in [2.24, 2.45) is 0 Å². The summed E-state index contributed by atoms with van der Waals surface area (Å²) in [7, 11) is 0. The van der Waals surface area contributed by atoms with Crippen molar-refractivity contribution >= 4 is 11.8 Å². The van der Waals surface area contributed by atoms with Crippen LogP contribution in [-0.4, -0.2) is 13.1 Å². The van der Waals surface area contributed by atoms with Gasteiger partial charge in [0.1, 0.15) is 0 Å². The molecule has 0 aliphatic heterocycles. The molecule has 0 bridgehead atoms. The molecular formula is C12H16N. The third-order valence-corrected chi connectivity index (χ3v) is 2.22. The zero-order valence-corrected chi connectivity index (χ0v) is 8.33. The minimum atomic E-state index is 1.02. The molecule has 0 aliphatic rings. The van der Waals surface area contributed by atoms with E-state index in [4.69, 9.17) is 6.58 Å². The fourth-order valence-corrected chi connectivity index (χ4v) is 1.48. The zero-order valence-electron chi connectivity index (χ0n) is 8.33. The highest BCUT2D eigenvalue weighted by Gasteiger charge is 2.03. The molecule has 1 aromatic rings. The van der Waals surface area contributed by atoms with Crippen LogP contribution in [0.15, 0.2) is 24.3 Å². The average Bonchev–Trinajstić information content (AvgIpc) is 2.20. The molecule has 13 heavy (non-hydrogen) atoms. The van der Waals surface area contributed by atoms with Crippen LogP contribution in [0.4, 0.5) is 5.69 Å². The van der Waals surface area contributed by atoms with Gasteiger partial charge in [-0.15, -0.1) is 0 Å². The molecule has 0 saturated heterocycles. The van der Waals surface area contributed by atoms with Gasteiger partial charge in [0, 0.05) is 18.8 Å². The molecule has 0 saturated carbocycles. The first-order valence-corrected chi connectivity index (χ1v) is 4.72. The summed E-state index contributed by atoms with van der Waals surface area (Å²) in [5, 5.41) is 0. The third kappa shape index (κ3) is 2.11. The van der Waals surface area contributed by atoms with Gasteiger partial charge in [0.05, 0.1) is 0 Å². The molecule has 0 atom stereocenters. The lowest BCUT2D eigenvalue weighted by molar-refractivity contribution is 0.865. The number of rotatable bonds is 4. The Kier molecular flexibility index (Phi) is 3.56. The van der Waals surface area contributed by atoms with Gasteiger partial charge in [-0.25, -0.2) is 0 Å². The second-order valence-electron chi connectivity index (χ2n) is 2.90. The molecule has 0 aromatic heterocycles. The van der Waals surface area contributed by atoms with E-state index in [1.807, 2.05) is 18.2 Å². The van der Waals surface area contributed by atoms with Crippen molar-refractivity contribution in [3.8, 4) is 0 Å². The van der Waals surface area contributed by atoms with E-state index in [2.05, 4.69) is 24.8 Å². The molecule has 0 amide bonds. The van der Waals surface area contributed by atoms with E-state index in [-0.39, 0.29) is 0 Å². The molecule has 1 heteroatoms. The summed E-state index contributed by atoms with van der Waals surface area (Å²) >= 11 is 0. The van der Waals surface area contributed by atoms with Crippen molar-refractivity contribution in [1.29, 1.82) is 0 Å². The fourth-order valence-electron chi connectivity index (χ4n) is 1.48. The van der Waals surface area contributed by atoms with Crippen molar-refractivity contribution in [2.45, 2.75) is 13.8 Å². The van der Waals surface area contributed by atoms with Gasteiger partial charge in [0.2, 0.25) is 0 Å². The summed E-state index contributed by atoms with van der Waals surface area (Å²) < 4.78 is 0. The van der Waals surface area contributed by atoms with Crippen molar-refractivity contribution in [2.75, 3.05) is 18.0 Å². The van der Waals surface area contributed by atoms with E-state index in [1.54, 1.807) is 6.08 Å². The topological polar surface area (TPSA) is 3.24 Å². The van der Waals surface area contributed by atoms with Crippen molar-refractivity contribution in [1.82, 2.24) is 0 Å². The molecule has 0 unspecified atom stereocenters. The monoisotopic (exact) mass is 174 g/mol. The van der Waals surface area contributed by atoms with Crippen LogP contribution in [0.1, 0.15) is 19.4 Å². The quantitative estimate of drug-likeness (QED) is 0.678. The smallest absolute Gasteiger partial charge is 0.0439 e. The van der Waals surface area contributed by atoms with Gasteiger partial charge in [-0.05, 0) is 25.5 Å². The SMILES string of the molecule is [CH]=Cc1ccccc1N(CC)CC. The van der Waals surface area contributed by atoms with E-state index < -0.39 is 0 Å². The number of benzene rings is 1. The minimum Gasteiger partial charge on any atom is -0.372 e. The van der Waals surface area contributed by atoms with Crippen LogP contribution in [0, 0.1) is 6.58 Å². The van der Waals surface area contributed by atoms with Gasteiger partial charge in [-0.3, -0.25) is 0 Å². The first kappa shape index (κ1) is 9.85. The van der Waals surface area contributed by atoms with E-state index in [0.717, 1.165) is 18.7 Å². The van der Waals surface area contributed by atoms with Crippen LogP contribution in [0.25, 0.3) is 6.08 Å². The van der Waals surface area contributed by atoms with Crippen LogP contribution in [-0.2, 0) is 0 Å². The van der Waals surface area contributed by atoms with Crippen molar-refractivity contribution in [3.63, 3.8) is 0 Å². The number of anilines is 1. The molecule has 1 aromatic carbocycles. The molecular weight excluding hydrogens is 158 g/mol. The van der Waals surface area contributed by atoms with Gasteiger partial charge >= 0.3 is 0 Å². The highest BCUT2D eigenvalue weighted by Crippen LogP contribution is 2.20. The normalized spacial score (nSPS) is 9.69. The lowest BCUT2D eigenvalue weighted by atomic mass is 10.1. The Morgan fingerprint density at radius 1 is 1.23 bits per heavy atom. The van der Waals surface area contributed by atoms with E-state index in [1.165, 1.54) is 5.69 Å². The number of para-hydroxylation sites is 1. The van der Waals surface area contributed by atoms with Crippen molar-refractivity contribution < 1.29 is 0 Å². The van der Waals surface area contributed by atoms with Gasteiger partial charge in [-0.1, -0.05) is 30.9 Å². The molecule has 1 radical (unpaired) electrons. The fraction of sp³-hybridized carbons (Fsp3) is 0.333. The van der Waals surface area contributed by atoms with Crippen molar-refractivity contribution in [3.05, 3.63) is 36.4 Å². The Morgan fingerprint density at radius 3 is 2.38 bits per heavy atom. The molecule has 1 nitrogen and oxygen atoms in total. The Bertz CT molecular complexity index is 274. The second kappa shape index (κ2) is 4.70. The predicted molar refractivity (Wildman–Crippen MR) is 58.8 cm³/mol. The summed E-state index contributed by atoms with van der Waals surface area (Å²) in [6.07, 6.45) is 1.66. The molecule has 0 aliphatic carbocycles. The molecule has 69 valence electrons. The minimum absolute atomic E-state index is 1.02. The molecule has 0 N–H and O–H groups in total. The highest BCUT2D eigenvalue weighted by molar-refractivity contribution is 5.66. The Labute approximate surface area is 80.7 Å². The predicted octanol–water partition coefficient (Wildman–Crippen LogP) is 2.98. The van der Waals surface area contributed by atoms with Crippen LogP contribution in [0.2, 0.25) is 0 Å². The second-order valence-corrected chi connectivity index (χ2v) is 2.90. The van der Waals surface area contributed by atoms with Gasteiger partial charge in [-0.2, -0.15) is 0 Å². The lowest BCUT2D eigenvalue weighted by Gasteiger charge is -2.22. The zero-order chi connectivity index (χ0) is 9.68. The maximum atomic E-state index is 5.55. The number of hydrogen-bond acceptors (Lipinski definition) is 1. The van der Waals surface area contributed by atoms with Gasteiger partial charge in [0.25, 0.3) is 0 Å². The van der Waals surface area contributed by atoms with Crippen LogP contribution in [0.3, 0.4) is 0 Å². The van der Waals surface area contributed by atoms with Crippen LogP contribution < -0.4 is 4.90 Å². The highest BCUT2D eigenvalue weighted by atomic mass is 15.1. The molecule has 0 heterocycles. The third-order valence-electron chi connectivity index (χ3n) is 2.22. The van der Waals surface area contributed by atoms with E-state index in [0.29, 0.717) is 0 Å². The summed E-state index contributed by atoms with van der Waals surface area (Å²) in [6, 6.07) is 8.19. The molecule has 0 fully saturated rings. The van der Waals surface area contributed by atoms with E-state index >= 15 is 0 Å². The number of nitrogens with zero attached hydrogens (tertiary/aromatic N) is 1. The molecule has 1 rings (SSSR count). The van der Waals surface area contributed by atoms with Gasteiger partial charge in [0.15, 0.2) is 0 Å². The lowest BCUT2D eigenvalue weighted by Crippen LogP contribution is -2.22. The van der Waals surface area contributed by atoms with E-state index in [9.17, 15) is 0 Å². The maximum absolute atomic E-state index is 5.55. The van der Waals surface area contributed by atoms with Gasteiger partial charge < -0.3 is 4.90 Å². The summed E-state index contributed by atoms with van der Waals surface area (Å²) in [4.78, 5) is 2.29. The standard InChI is InChI=1S/C12H16N/c1-4-11-9-7-8-10-12(11)13(5-2)6-3/h1,4,7-10H,5-6H2,2-3H3. The first-order valence-electron chi connectivity index (χ1n) is 4.72. The summed E-state index contributed by atoms with van der Waals surface area (Å²) in [5.74, 6) is 0. The number of hydrogen-bond donors (Lipinski definition) is 0.